The Morgan fingerprint density at radius 1 is 1.00 bits per heavy atom. The molecule has 2 aromatic carbocycles. The number of hydrogen-bond donors (Lipinski definition) is 2. The normalized spacial score (nSPS) is 18.9. The number of halogens is 3. The van der Waals surface area contributed by atoms with Crippen molar-refractivity contribution in [1.82, 2.24) is 20.0 Å². The number of nitriles is 1. The fraction of sp³-hybridized carbons (Fsp3) is 0.364. The van der Waals surface area contributed by atoms with E-state index in [1.165, 1.54) is 16.8 Å². The first-order chi connectivity index (χ1) is 22.7. The highest BCUT2D eigenvalue weighted by Crippen LogP contribution is 2.36. The lowest BCUT2D eigenvalue weighted by atomic mass is 9.91. The average Bonchev–Trinajstić information content (AvgIpc) is 3.65. The molecule has 5 amide bonds. The monoisotopic (exact) mass is 661 g/mol. The number of piperidine rings is 2. The molecule has 0 aliphatic carbocycles. The number of carbonyl (C=O) groups is 5. The van der Waals surface area contributed by atoms with E-state index in [0.717, 1.165) is 41.1 Å². The number of nitrogens with one attached hydrogen (secondary N) is 2. The van der Waals surface area contributed by atoms with Crippen LogP contribution in [0.2, 0.25) is 0 Å². The maximum atomic E-state index is 13.4. The minimum atomic E-state index is -4.76. The second kappa shape index (κ2) is 11.9. The van der Waals surface area contributed by atoms with E-state index in [-0.39, 0.29) is 35.6 Å². The lowest BCUT2D eigenvalue weighted by molar-refractivity contribution is -0.138. The fourth-order valence-electron chi connectivity index (χ4n) is 6.32. The second-order valence-electron chi connectivity index (χ2n) is 12.5. The van der Waals surface area contributed by atoms with Crippen molar-refractivity contribution in [2.75, 3.05) is 23.3 Å². The van der Waals surface area contributed by atoms with Crippen LogP contribution in [0.15, 0.2) is 48.8 Å². The summed E-state index contributed by atoms with van der Waals surface area (Å²) in [6.45, 7) is 4.43. The molecule has 1 atom stereocenters. The molecule has 3 aromatic rings. The quantitative estimate of drug-likeness (QED) is 0.377. The van der Waals surface area contributed by atoms with Crippen molar-refractivity contribution in [1.29, 1.82) is 5.26 Å². The van der Waals surface area contributed by atoms with Crippen LogP contribution in [0.1, 0.15) is 82.9 Å². The number of anilines is 2. The number of hydrogen-bond acceptors (Lipinski definition) is 8. The number of fused-ring (bicyclic) bond motifs is 1. The van der Waals surface area contributed by atoms with E-state index < -0.39 is 58.4 Å². The maximum Gasteiger partial charge on any atom is 0.417 e. The summed E-state index contributed by atoms with van der Waals surface area (Å²) < 4.78 is 41.7. The SMILES string of the molecule is CC(C)(C(=O)Nc1ccc(C#N)c(C(F)(F)F)c1)n1cc(C2CCN(c3ccc4c(c3)C(=O)N(C3CCC(=O)NC3=O)C4=O)CC2)cn1. The Morgan fingerprint density at radius 3 is 2.38 bits per heavy atom. The summed E-state index contributed by atoms with van der Waals surface area (Å²) in [5, 5.41) is 18.1. The van der Waals surface area contributed by atoms with Crippen molar-refractivity contribution in [2.45, 2.75) is 63.2 Å². The van der Waals surface area contributed by atoms with E-state index in [1.807, 2.05) is 0 Å². The average molecular weight is 662 g/mol. The molecule has 4 heterocycles. The molecule has 3 aliphatic heterocycles. The third-order valence-electron chi connectivity index (χ3n) is 9.19. The van der Waals surface area contributed by atoms with Crippen molar-refractivity contribution in [3.63, 3.8) is 0 Å². The molecule has 0 bridgehead atoms. The number of aromatic nitrogens is 2. The van der Waals surface area contributed by atoms with E-state index in [9.17, 15) is 37.1 Å². The van der Waals surface area contributed by atoms with E-state index in [2.05, 4.69) is 20.6 Å². The van der Waals surface area contributed by atoms with Crippen molar-refractivity contribution < 1.29 is 37.1 Å². The van der Waals surface area contributed by atoms with Crippen LogP contribution in [0.4, 0.5) is 24.5 Å². The zero-order chi connectivity index (χ0) is 34.5. The highest BCUT2D eigenvalue weighted by molar-refractivity contribution is 6.23. The number of imide groups is 2. The number of nitrogens with zero attached hydrogens (tertiary/aromatic N) is 5. The summed E-state index contributed by atoms with van der Waals surface area (Å²) in [5.74, 6) is -2.73. The molecule has 6 rings (SSSR count). The van der Waals surface area contributed by atoms with Gasteiger partial charge in [0.1, 0.15) is 11.6 Å². The Hall–Kier alpha value is -5.52. The maximum absolute atomic E-state index is 13.4. The Labute approximate surface area is 272 Å². The predicted molar refractivity (Wildman–Crippen MR) is 164 cm³/mol. The molecule has 2 fully saturated rings. The smallest absolute Gasteiger partial charge is 0.371 e. The standard InChI is InChI=1S/C33H30F3N7O5/c1-32(2,31(48)39-21-4-3-19(15-37)25(13-21)33(34,35)36)42-17-20(16-38-42)18-9-11-41(12-10-18)22-5-6-23-24(14-22)30(47)43(29(23)46)26-7-8-27(44)40-28(26)45/h3-6,13-14,16-18,26H,7-12H2,1-2H3,(H,39,48)(H,40,44,45). The summed E-state index contributed by atoms with van der Waals surface area (Å²) >= 11 is 0. The number of carbonyl (C=O) groups excluding carboxylic acids is 5. The molecule has 48 heavy (non-hydrogen) atoms. The van der Waals surface area contributed by atoms with Gasteiger partial charge in [0, 0.05) is 37.1 Å². The molecule has 1 aromatic heterocycles. The van der Waals surface area contributed by atoms with E-state index in [1.54, 1.807) is 44.4 Å². The van der Waals surface area contributed by atoms with Gasteiger partial charge in [-0.3, -0.25) is 38.9 Å². The van der Waals surface area contributed by atoms with Crippen molar-refractivity contribution in [3.05, 3.63) is 76.6 Å². The minimum absolute atomic E-state index is 0.0400. The zero-order valence-electron chi connectivity index (χ0n) is 25.9. The van der Waals surface area contributed by atoms with Crippen LogP contribution in [0.25, 0.3) is 0 Å². The third kappa shape index (κ3) is 5.78. The summed E-state index contributed by atoms with van der Waals surface area (Å²) in [5.41, 5.74) is -0.974. The lowest BCUT2D eigenvalue weighted by Crippen LogP contribution is -2.54. The molecule has 3 aliphatic rings. The third-order valence-corrected chi connectivity index (χ3v) is 9.19. The summed E-state index contributed by atoms with van der Waals surface area (Å²) in [6, 6.07) is 8.48. The molecule has 2 N–H and O–H groups in total. The van der Waals surface area contributed by atoms with Crippen molar-refractivity contribution in [3.8, 4) is 6.07 Å². The highest BCUT2D eigenvalue weighted by Gasteiger charge is 2.45. The van der Waals surface area contributed by atoms with E-state index >= 15 is 0 Å². The van der Waals surface area contributed by atoms with Gasteiger partial charge in [0.15, 0.2) is 0 Å². The predicted octanol–water partition coefficient (Wildman–Crippen LogP) is 3.93. The molecule has 0 radical (unpaired) electrons. The van der Waals surface area contributed by atoms with Crippen LogP contribution in [-0.2, 0) is 26.1 Å². The molecule has 0 saturated carbocycles. The largest absolute Gasteiger partial charge is 0.417 e. The first kappa shape index (κ1) is 32.4. The first-order valence-electron chi connectivity index (χ1n) is 15.3. The van der Waals surface area contributed by atoms with Crippen LogP contribution < -0.4 is 15.5 Å². The summed E-state index contributed by atoms with van der Waals surface area (Å²) in [6.07, 6.45) is 0.217. The minimum Gasteiger partial charge on any atom is -0.371 e. The van der Waals surface area contributed by atoms with Gasteiger partial charge in [-0.25, -0.2) is 0 Å². The van der Waals surface area contributed by atoms with Gasteiger partial charge >= 0.3 is 6.18 Å². The molecule has 15 heteroatoms. The Morgan fingerprint density at radius 2 is 1.71 bits per heavy atom. The second-order valence-corrected chi connectivity index (χ2v) is 12.5. The molecule has 0 spiro atoms. The van der Waals surface area contributed by atoms with Crippen LogP contribution >= 0.6 is 0 Å². The number of rotatable bonds is 6. The summed E-state index contributed by atoms with van der Waals surface area (Å²) in [4.78, 5) is 66.4. The van der Waals surface area contributed by atoms with Gasteiger partial charge in [-0.1, -0.05) is 0 Å². The van der Waals surface area contributed by atoms with Crippen LogP contribution in [0.5, 0.6) is 0 Å². The zero-order valence-corrected chi connectivity index (χ0v) is 25.9. The van der Waals surface area contributed by atoms with E-state index in [4.69, 9.17) is 5.26 Å². The first-order valence-corrected chi connectivity index (χ1v) is 15.3. The fourth-order valence-corrected chi connectivity index (χ4v) is 6.32. The van der Waals surface area contributed by atoms with Gasteiger partial charge < -0.3 is 10.2 Å². The Kier molecular flexibility index (Phi) is 8.06. The van der Waals surface area contributed by atoms with Gasteiger partial charge in [-0.2, -0.15) is 23.5 Å². The van der Waals surface area contributed by atoms with E-state index in [0.29, 0.717) is 13.1 Å². The lowest BCUT2D eigenvalue weighted by Gasteiger charge is -2.33. The van der Waals surface area contributed by atoms with Crippen LogP contribution in [-0.4, -0.2) is 63.3 Å². The molecule has 248 valence electrons. The van der Waals surface area contributed by atoms with Crippen molar-refractivity contribution >= 4 is 40.9 Å². The number of alkyl halides is 3. The molecule has 2 saturated heterocycles. The highest BCUT2D eigenvalue weighted by atomic mass is 19.4. The van der Waals surface area contributed by atoms with Crippen molar-refractivity contribution in [2.24, 2.45) is 0 Å². The topological polar surface area (TPSA) is 158 Å². The van der Waals surface area contributed by atoms with Gasteiger partial charge in [0.25, 0.3) is 17.7 Å². The Balaban J connectivity index is 1.10. The number of benzene rings is 2. The molecule has 12 nitrogen and oxygen atoms in total. The van der Waals surface area contributed by atoms with Gasteiger partial charge in [-0.15, -0.1) is 0 Å². The Bertz CT molecular complexity index is 1900. The molecular weight excluding hydrogens is 631 g/mol. The molecule has 1 unspecified atom stereocenters. The van der Waals surface area contributed by atoms with Gasteiger partial charge in [0.05, 0.1) is 34.5 Å². The van der Waals surface area contributed by atoms with Gasteiger partial charge in [-0.05, 0) is 81.0 Å². The number of amides is 5. The van der Waals surface area contributed by atoms with Gasteiger partial charge in [0.2, 0.25) is 11.8 Å². The summed E-state index contributed by atoms with van der Waals surface area (Å²) in [7, 11) is 0. The molecular formula is C33H30F3N7O5. The van der Waals surface area contributed by atoms with Crippen LogP contribution in [0, 0.1) is 11.3 Å². The van der Waals surface area contributed by atoms with Crippen LogP contribution in [0.3, 0.4) is 0 Å².